The van der Waals surface area contributed by atoms with Gasteiger partial charge in [0.1, 0.15) is 0 Å². The standard InChI is InChI=1S/C31H57NO6/c1-5-6-7-8-9-10-11-12-13-14-15-16-17-18-22-32(23-19-26(2)29(33)34,24-20-27(3)30(35)36)25-21-28(4)31(37)38/h11-12,26-28H,5-10,13-25H2,1-4H3,(H2-,33,34,35,36,37,38)/b12-11+. The average Bonchev–Trinajstić information content (AvgIpc) is 2.88. The number of hydrogen-bond acceptors (Lipinski definition) is 4. The molecule has 0 aromatic rings. The number of quaternary nitrogens is 1. The van der Waals surface area contributed by atoms with Crippen molar-refractivity contribution >= 4 is 17.9 Å². The third-order valence-corrected chi connectivity index (χ3v) is 8.00. The van der Waals surface area contributed by atoms with E-state index in [1.165, 1.54) is 51.4 Å². The fourth-order valence-electron chi connectivity index (χ4n) is 4.78. The molecule has 0 aromatic carbocycles. The van der Waals surface area contributed by atoms with Crippen LogP contribution < -0.4 is 5.11 Å². The van der Waals surface area contributed by atoms with Crippen LogP contribution in [0.25, 0.3) is 0 Å². The number of carbonyl (C=O) groups is 3. The summed E-state index contributed by atoms with van der Waals surface area (Å²) in [6.45, 7) is 9.91. The summed E-state index contributed by atoms with van der Waals surface area (Å²) in [5.41, 5.74) is 0. The minimum absolute atomic E-state index is 0.441. The third kappa shape index (κ3) is 18.4. The van der Waals surface area contributed by atoms with E-state index in [9.17, 15) is 29.7 Å². The molecule has 2 N–H and O–H groups in total. The Hall–Kier alpha value is -1.89. The zero-order valence-corrected chi connectivity index (χ0v) is 24.8. The number of carbonyl (C=O) groups excluding carboxylic acids is 1. The number of nitrogens with zero attached hydrogens (tertiary/aromatic N) is 1. The van der Waals surface area contributed by atoms with Crippen molar-refractivity contribution < 1.29 is 34.2 Å². The minimum atomic E-state index is -1.08. The topological polar surface area (TPSA) is 115 Å². The van der Waals surface area contributed by atoms with Gasteiger partial charge in [0.15, 0.2) is 0 Å². The molecule has 0 bridgehead atoms. The van der Waals surface area contributed by atoms with E-state index >= 15 is 0 Å². The lowest BCUT2D eigenvalue weighted by Crippen LogP contribution is -2.52. The Balaban J connectivity index is 4.82. The van der Waals surface area contributed by atoms with E-state index in [4.69, 9.17) is 0 Å². The molecule has 3 unspecified atom stereocenters. The fraction of sp³-hybridized carbons (Fsp3) is 0.839. The van der Waals surface area contributed by atoms with E-state index in [-0.39, 0.29) is 0 Å². The van der Waals surface area contributed by atoms with Crippen molar-refractivity contribution in [1.29, 1.82) is 0 Å². The predicted molar refractivity (Wildman–Crippen MR) is 152 cm³/mol. The number of allylic oxidation sites excluding steroid dienone is 2. The molecule has 0 spiro atoms. The van der Waals surface area contributed by atoms with Crippen molar-refractivity contribution in [2.45, 2.75) is 124 Å². The van der Waals surface area contributed by atoms with Crippen molar-refractivity contribution in [2.24, 2.45) is 17.8 Å². The van der Waals surface area contributed by atoms with E-state index in [0.717, 1.165) is 32.2 Å². The molecule has 0 radical (unpaired) electrons. The molecule has 0 aliphatic rings. The normalized spacial score (nSPS) is 15.7. The predicted octanol–water partition coefficient (Wildman–Crippen LogP) is 6.06. The molecule has 0 saturated heterocycles. The number of carboxylic acids is 3. The minimum Gasteiger partial charge on any atom is -0.550 e. The van der Waals surface area contributed by atoms with Crippen LogP contribution in [0.4, 0.5) is 0 Å². The Bertz CT molecular complexity index is 617. The molecule has 0 aliphatic heterocycles. The summed E-state index contributed by atoms with van der Waals surface area (Å²) in [4.78, 5) is 34.2. The van der Waals surface area contributed by atoms with Crippen molar-refractivity contribution in [3.05, 3.63) is 12.2 Å². The first kappa shape index (κ1) is 36.1. The largest absolute Gasteiger partial charge is 0.550 e. The van der Waals surface area contributed by atoms with Gasteiger partial charge in [-0.2, -0.15) is 0 Å². The second-order valence-corrected chi connectivity index (χ2v) is 11.5. The first-order chi connectivity index (χ1) is 18.0. The van der Waals surface area contributed by atoms with E-state index in [2.05, 4.69) is 19.1 Å². The summed E-state index contributed by atoms with van der Waals surface area (Å²) in [7, 11) is 0. The summed E-state index contributed by atoms with van der Waals surface area (Å²) in [6.07, 6.45) is 20.5. The molecule has 0 aliphatic carbocycles. The number of carboxylic acid groups (broad SMARTS) is 3. The van der Waals surface area contributed by atoms with Crippen molar-refractivity contribution in [3.8, 4) is 0 Å². The van der Waals surface area contributed by atoms with Crippen LogP contribution in [0.2, 0.25) is 0 Å². The van der Waals surface area contributed by atoms with Gasteiger partial charge in [0.05, 0.1) is 38.0 Å². The first-order valence-electron chi connectivity index (χ1n) is 15.2. The van der Waals surface area contributed by atoms with Gasteiger partial charge in [-0.05, 0) is 38.5 Å². The summed E-state index contributed by atoms with van der Waals surface area (Å²) >= 11 is 0. The van der Waals surface area contributed by atoms with Gasteiger partial charge in [0.2, 0.25) is 0 Å². The molecule has 3 atom stereocenters. The zero-order chi connectivity index (χ0) is 28.8. The highest BCUT2D eigenvalue weighted by molar-refractivity contribution is 5.69. The number of hydrogen-bond donors (Lipinski definition) is 2. The van der Waals surface area contributed by atoms with Gasteiger partial charge >= 0.3 is 11.9 Å². The van der Waals surface area contributed by atoms with Crippen LogP contribution >= 0.6 is 0 Å². The molecule has 0 heterocycles. The summed E-state index contributed by atoms with van der Waals surface area (Å²) < 4.78 is 0.577. The first-order valence-corrected chi connectivity index (χ1v) is 15.2. The van der Waals surface area contributed by atoms with Crippen LogP contribution in [0.5, 0.6) is 0 Å². The average molecular weight is 540 g/mol. The molecule has 0 rings (SSSR count). The zero-order valence-electron chi connectivity index (χ0n) is 24.8. The molecule has 7 nitrogen and oxygen atoms in total. The van der Waals surface area contributed by atoms with Gasteiger partial charge < -0.3 is 24.6 Å². The van der Waals surface area contributed by atoms with E-state index < -0.39 is 35.7 Å². The number of aliphatic carboxylic acids is 3. The van der Waals surface area contributed by atoms with Crippen LogP contribution in [-0.4, -0.2) is 58.8 Å². The maximum absolute atomic E-state index is 11.4. The molecule has 0 aromatic heterocycles. The monoisotopic (exact) mass is 539 g/mol. The number of unbranched alkanes of at least 4 members (excludes halogenated alkanes) is 10. The van der Waals surface area contributed by atoms with Gasteiger partial charge in [-0.1, -0.05) is 78.4 Å². The van der Waals surface area contributed by atoms with Crippen molar-refractivity contribution in [2.75, 3.05) is 26.2 Å². The lowest BCUT2D eigenvalue weighted by molar-refractivity contribution is -0.929. The highest BCUT2D eigenvalue weighted by Crippen LogP contribution is 2.21. The van der Waals surface area contributed by atoms with Crippen LogP contribution in [0, 0.1) is 17.8 Å². The summed E-state index contributed by atoms with van der Waals surface area (Å²) in [5, 5.41) is 30.1. The lowest BCUT2D eigenvalue weighted by atomic mass is 10.0. The van der Waals surface area contributed by atoms with Gasteiger partial charge in [-0.3, -0.25) is 9.59 Å². The van der Waals surface area contributed by atoms with E-state index in [0.29, 0.717) is 43.4 Å². The molecule has 38 heavy (non-hydrogen) atoms. The molecule has 0 fully saturated rings. The molecular weight excluding hydrogens is 482 g/mol. The maximum atomic E-state index is 11.4. The lowest BCUT2D eigenvalue weighted by Gasteiger charge is -2.41. The quantitative estimate of drug-likeness (QED) is 0.0784. The van der Waals surface area contributed by atoms with Crippen LogP contribution in [0.15, 0.2) is 12.2 Å². The van der Waals surface area contributed by atoms with Gasteiger partial charge in [-0.25, -0.2) is 0 Å². The molecule has 7 heteroatoms. The highest BCUT2D eigenvalue weighted by atomic mass is 16.4. The van der Waals surface area contributed by atoms with E-state index in [1.54, 1.807) is 20.8 Å². The maximum Gasteiger partial charge on any atom is 0.306 e. The number of rotatable bonds is 26. The van der Waals surface area contributed by atoms with Gasteiger partial charge in [-0.15, -0.1) is 0 Å². The Morgan fingerprint density at radius 2 is 1.03 bits per heavy atom. The van der Waals surface area contributed by atoms with Gasteiger partial charge in [0, 0.05) is 31.1 Å². The van der Waals surface area contributed by atoms with Crippen molar-refractivity contribution in [1.82, 2.24) is 0 Å². The van der Waals surface area contributed by atoms with Crippen LogP contribution in [0.3, 0.4) is 0 Å². The Morgan fingerprint density at radius 3 is 1.45 bits per heavy atom. The Kier molecular flexibility index (Phi) is 20.9. The molecular formula is C31H57NO6. The van der Waals surface area contributed by atoms with Crippen LogP contribution in [-0.2, 0) is 14.4 Å². The Morgan fingerprint density at radius 1 is 0.632 bits per heavy atom. The van der Waals surface area contributed by atoms with Gasteiger partial charge in [0.25, 0.3) is 0 Å². The fourth-order valence-corrected chi connectivity index (χ4v) is 4.78. The second kappa shape index (κ2) is 22.0. The van der Waals surface area contributed by atoms with Crippen molar-refractivity contribution in [3.63, 3.8) is 0 Å². The molecule has 0 amide bonds. The summed E-state index contributed by atoms with van der Waals surface area (Å²) in [6, 6.07) is 0. The molecule has 222 valence electrons. The highest BCUT2D eigenvalue weighted by Gasteiger charge is 2.30. The Labute approximate surface area is 232 Å². The smallest absolute Gasteiger partial charge is 0.306 e. The second-order valence-electron chi connectivity index (χ2n) is 11.5. The molecule has 0 saturated carbocycles. The van der Waals surface area contributed by atoms with E-state index in [1.807, 2.05) is 0 Å². The SMILES string of the molecule is CCCCCCC/C=C/CCCCCCC[N+](CCC(C)C(=O)[O-])(CCC(C)C(=O)O)CCC(C)C(=O)O. The third-order valence-electron chi connectivity index (χ3n) is 8.00. The van der Waals surface area contributed by atoms with Crippen LogP contribution in [0.1, 0.15) is 124 Å². The summed E-state index contributed by atoms with van der Waals surface area (Å²) in [5.74, 6) is -4.33.